The van der Waals surface area contributed by atoms with E-state index in [9.17, 15) is 4.79 Å². The van der Waals surface area contributed by atoms with Crippen LogP contribution in [0.3, 0.4) is 0 Å². The van der Waals surface area contributed by atoms with Crippen LogP contribution in [-0.2, 0) is 11.2 Å². The lowest BCUT2D eigenvalue weighted by atomic mass is 9.75. The molecular formula is C24H30N2O. The summed E-state index contributed by atoms with van der Waals surface area (Å²) in [5.74, 6) is 0.263. The molecule has 0 spiro atoms. The number of piperidine rings is 1. The van der Waals surface area contributed by atoms with Crippen LogP contribution >= 0.6 is 0 Å². The molecule has 3 heteroatoms. The van der Waals surface area contributed by atoms with Crippen LogP contribution in [0.15, 0.2) is 60.7 Å². The Kier molecular flexibility index (Phi) is 4.81. The second-order valence-corrected chi connectivity index (χ2v) is 8.26. The summed E-state index contributed by atoms with van der Waals surface area (Å²) < 4.78 is 0. The molecule has 1 unspecified atom stereocenters. The topological polar surface area (TPSA) is 23.6 Å². The minimum atomic E-state index is 0.0431. The number of para-hydroxylation sites is 1. The highest BCUT2D eigenvalue weighted by atomic mass is 16.2. The maximum absolute atomic E-state index is 12.6. The van der Waals surface area contributed by atoms with Crippen molar-refractivity contribution in [3.63, 3.8) is 0 Å². The van der Waals surface area contributed by atoms with Gasteiger partial charge in [-0.25, -0.2) is 0 Å². The third-order valence-corrected chi connectivity index (χ3v) is 6.88. The smallest absolute Gasteiger partial charge is 0.231 e. The summed E-state index contributed by atoms with van der Waals surface area (Å²) in [5.41, 5.74) is 5.05. The molecule has 2 heterocycles. The monoisotopic (exact) mass is 362 g/mol. The van der Waals surface area contributed by atoms with E-state index in [4.69, 9.17) is 0 Å². The largest absolute Gasteiger partial charge is 0.309 e. The first-order valence-electron chi connectivity index (χ1n) is 10.2. The number of benzene rings is 1. The lowest BCUT2D eigenvalue weighted by Crippen LogP contribution is -2.55. The highest BCUT2D eigenvalue weighted by Gasteiger charge is 2.41. The molecule has 1 fully saturated rings. The van der Waals surface area contributed by atoms with Gasteiger partial charge >= 0.3 is 0 Å². The van der Waals surface area contributed by atoms with Crippen molar-refractivity contribution >= 4 is 11.6 Å². The summed E-state index contributed by atoms with van der Waals surface area (Å²) in [6.45, 7) is 12.5. The van der Waals surface area contributed by atoms with Gasteiger partial charge < -0.3 is 4.90 Å². The van der Waals surface area contributed by atoms with E-state index in [1.54, 1.807) is 0 Å². The summed E-state index contributed by atoms with van der Waals surface area (Å²) in [4.78, 5) is 17.3. The Labute approximate surface area is 163 Å². The number of anilines is 1. The predicted octanol–water partition coefficient (Wildman–Crippen LogP) is 4.65. The Morgan fingerprint density at radius 1 is 1.15 bits per heavy atom. The molecule has 0 saturated carbocycles. The molecule has 3 aliphatic rings. The van der Waals surface area contributed by atoms with Gasteiger partial charge in [-0.2, -0.15) is 0 Å². The highest BCUT2D eigenvalue weighted by Crippen LogP contribution is 2.41. The summed E-state index contributed by atoms with van der Waals surface area (Å²) >= 11 is 0. The van der Waals surface area contributed by atoms with Gasteiger partial charge in [-0.3, -0.25) is 9.69 Å². The highest BCUT2D eigenvalue weighted by molar-refractivity contribution is 6.01. The van der Waals surface area contributed by atoms with Crippen molar-refractivity contribution in [2.24, 2.45) is 0 Å². The molecule has 1 aliphatic carbocycles. The third kappa shape index (κ3) is 2.98. The first-order valence-corrected chi connectivity index (χ1v) is 10.2. The summed E-state index contributed by atoms with van der Waals surface area (Å²) in [6.07, 6.45) is 10.2. The van der Waals surface area contributed by atoms with Crippen LogP contribution < -0.4 is 4.90 Å². The van der Waals surface area contributed by atoms with E-state index in [1.807, 2.05) is 24.3 Å². The number of allylic oxidation sites excluding steroid dienone is 2. The standard InChI is InChI=1S/C24H30N2O/c1-4-18-10-8-14-24(3,21(18)5-2)25-15-12-20(13-16-25)26-22-11-7-6-9-19(22)17-23(26)27/h4-7,9,11,20H,1-2,8,10,12-17H2,3H3. The number of hydrogen-bond acceptors (Lipinski definition) is 2. The molecule has 2 aliphatic heterocycles. The van der Waals surface area contributed by atoms with Crippen molar-refractivity contribution in [1.29, 1.82) is 0 Å². The minimum absolute atomic E-state index is 0.0431. The van der Waals surface area contributed by atoms with Gasteiger partial charge in [0.25, 0.3) is 0 Å². The van der Waals surface area contributed by atoms with E-state index in [-0.39, 0.29) is 11.4 Å². The second-order valence-electron chi connectivity index (χ2n) is 8.26. The van der Waals surface area contributed by atoms with Crippen molar-refractivity contribution in [3.8, 4) is 0 Å². The molecule has 0 radical (unpaired) electrons. The van der Waals surface area contributed by atoms with Crippen LogP contribution in [0.2, 0.25) is 0 Å². The fraction of sp³-hybridized carbons (Fsp3) is 0.458. The van der Waals surface area contributed by atoms with E-state index in [2.05, 4.69) is 42.0 Å². The normalized spacial score (nSPS) is 27.0. The molecule has 0 N–H and O–H groups in total. The van der Waals surface area contributed by atoms with Crippen LogP contribution in [0.25, 0.3) is 0 Å². The SMILES string of the molecule is C=CC1=C(C=C)C(C)(N2CCC(N3C(=O)Cc4ccccc43)CC2)CCC1. The Morgan fingerprint density at radius 3 is 2.59 bits per heavy atom. The summed E-state index contributed by atoms with van der Waals surface area (Å²) in [5, 5.41) is 0. The molecular weight excluding hydrogens is 332 g/mol. The van der Waals surface area contributed by atoms with Crippen LogP contribution in [-0.4, -0.2) is 35.5 Å². The van der Waals surface area contributed by atoms with E-state index in [0.717, 1.165) is 38.0 Å². The van der Waals surface area contributed by atoms with E-state index >= 15 is 0 Å². The molecule has 1 amide bonds. The van der Waals surface area contributed by atoms with Gasteiger partial charge in [-0.1, -0.05) is 43.5 Å². The van der Waals surface area contributed by atoms with Crippen molar-refractivity contribution < 1.29 is 4.79 Å². The van der Waals surface area contributed by atoms with E-state index in [0.29, 0.717) is 12.5 Å². The number of hydrogen-bond donors (Lipinski definition) is 0. The molecule has 1 atom stereocenters. The number of carbonyl (C=O) groups excluding carboxylic acids is 1. The van der Waals surface area contributed by atoms with Gasteiger partial charge in [-0.05, 0) is 61.8 Å². The second kappa shape index (κ2) is 7.12. The zero-order valence-corrected chi connectivity index (χ0v) is 16.4. The van der Waals surface area contributed by atoms with Gasteiger partial charge in [0, 0.05) is 30.4 Å². The van der Waals surface area contributed by atoms with Gasteiger partial charge in [0.1, 0.15) is 0 Å². The number of likely N-dealkylation sites (tertiary alicyclic amines) is 1. The molecule has 0 bridgehead atoms. The fourth-order valence-corrected chi connectivity index (χ4v) is 5.43. The molecule has 1 aromatic carbocycles. The number of carbonyl (C=O) groups is 1. The van der Waals surface area contributed by atoms with Gasteiger partial charge in [0.15, 0.2) is 0 Å². The van der Waals surface area contributed by atoms with Gasteiger partial charge in [-0.15, -0.1) is 0 Å². The molecule has 1 saturated heterocycles. The Bertz CT molecular complexity index is 800. The quantitative estimate of drug-likeness (QED) is 0.778. The van der Waals surface area contributed by atoms with Gasteiger partial charge in [0.05, 0.1) is 6.42 Å². The summed E-state index contributed by atoms with van der Waals surface area (Å²) in [7, 11) is 0. The van der Waals surface area contributed by atoms with E-state index < -0.39 is 0 Å². The lowest BCUT2D eigenvalue weighted by Gasteiger charge is -2.49. The van der Waals surface area contributed by atoms with Crippen LogP contribution in [0.5, 0.6) is 0 Å². The Hall–Kier alpha value is -2.13. The maximum Gasteiger partial charge on any atom is 0.231 e. The molecule has 4 rings (SSSR count). The van der Waals surface area contributed by atoms with Crippen LogP contribution in [0.1, 0.15) is 44.6 Å². The maximum atomic E-state index is 12.6. The predicted molar refractivity (Wildman–Crippen MR) is 112 cm³/mol. The number of rotatable bonds is 4. The molecule has 142 valence electrons. The van der Waals surface area contributed by atoms with E-state index in [1.165, 1.54) is 29.6 Å². The minimum Gasteiger partial charge on any atom is -0.309 e. The molecule has 3 nitrogen and oxygen atoms in total. The van der Waals surface area contributed by atoms with Crippen LogP contribution in [0, 0.1) is 0 Å². The van der Waals surface area contributed by atoms with Crippen molar-refractivity contribution in [2.45, 2.75) is 57.0 Å². The van der Waals surface area contributed by atoms with Crippen molar-refractivity contribution in [3.05, 3.63) is 66.3 Å². The number of fused-ring (bicyclic) bond motifs is 1. The molecule has 27 heavy (non-hydrogen) atoms. The average molecular weight is 363 g/mol. The Morgan fingerprint density at radius 2 is 1.89 bits per heavy atom. The van der Waals surface area contributed by atoms with Crippen molar-refractivity contribution in [1.82, 2.24) is 4.90 Å². The summed E-state index contributed by atoms with van der Waals surface area (Å²) in [6, 6.07) is 8.58. The first-order chi connectivity index (χ1) is 13.1. The van der Waals surface area contributed by atoms with Gasteiger partial charge in [0.2, 0.25) is 5.91 Å². The van der Waals surface area contributed by atoms with Crippen molar-refractivity contribution in [2.75, 3.05) is 18.0 Å². The lowest BCUT2D eigenvalue weighted by molar-refractivity contribution is -0.118. The zero-order chi connectivity index (χ0) is 19.0. The first kappa shape index (κ1) is 18.2. The number of nitrogens with zero attached hydrogens (tertiary/aromatic N) is 2. The fourth-order valence-electron chi connectivity index (χ4n) is 5.43. The average Bonchev–Trinajstić information content (AvgIpc) is 3.03. The Balaban J connectivity index is 1.52. The van der Waals surface area contributed by atoms with Crippen LogP contribution in [0.4, 0.5) is 5.69 Å². The zero-order valence-electron chi connectivity index (χ0n) is 16.4. The third-order valence-electron chi connectivity index (χ3n) is 6.88. The molecule has 1 aromatic rings. The number of amides is 1. The molecule has 0 aromatic heterocycles.